The van der Waals surface area contributed by atoms with E-state index in [0.717, 1.165) is 24.3 Å². The fraction of sp³-hybridized carbons (Fsp3) is 0.455. The molecule has 0 N–H and O–H groups in total. The number of hydrogen-bond donors (Lipinski definition) is 0. The van der Waals surface area contributed by atoms with Crippen LogP contribution in [0.25, 0.3) is 0 Å². The lowest BCUT2D eigenvalue weighted by atomic mass is 9.83. The average molecular weight is 324 g/mol. The third-order valence-electron chi connectivity index (χ3n) is 4.72. The van der Waals surface area contributed by atoms with Crippen molar-refractivity contribution in [1.82, 2.24) is 0 Å². The van der Waals surface area contributed by atoms with Gasteiger partial charge in [-0.15, -0.1) is 0 Å². The van der Waals surface area contributed by atoms with E-state index in [2.05, 4.69) is 69.3 Å². The summed E-state index contributed by atoms with van der Waals surface area (Å²) < 4.78 is 11.9. The van der Waals surface area contributed by atoms with E-state index in [0.29, 0.717) is 12.0 Å². The number of aryl methyl sites for hydroxylation is 1. The van der Waals surface area contributed by atoms with E-state index in [9.17, 15) is 0 Å². The van der Waals surface area contributed by atoms with Crippen molar-refractivity contribution < 1.29 is 9.47 Å². The normalized spacial score (nSPS) is 20.8. The fourth-order valence-electron chi connectivity index (χ4n) is 3.41. The molecule has 0 bridgehead atoms. The van der Waals surface area contributed by atoms with Crippen LogP contribution in [0.15, 0.2) is 48.5 Å². The molecule has 3 rings (SSSR count). The molecule has 0 saturated heterocycles. The summed E-state index contributed by atoms with van der Waals surface area (Å²) >= 11 is 0. The van der Waals surface area contributed by atoms with Crippen LogP contribution in [0.4, 0.5) is 0 Å². The van der Waals surface area contributed by atoms with Crippen LogP contribution in [0.2, 0.25) is 0 Å². The summed E-state index contributed by atoms with van der Waals surface area (Å²) in [4.78, 5) is 0. The zero-order valence-corrected chi connectivity index (χ0v) is 15.0. The Morgan fingerprint density at radius 3 is 1.96 bits per heavy atom. The summed E-state index contributed by atoms with van der Waals surface area (Å²) in [5.74, 6) is 2.61. The molecule has 2 nitrogen and oxygen atoms in total. The number of benzene rings is 2. The molecule has 0 aliphatic heterocycles. The van der Waals surface area contributed by atoms with E-state index in [4.69, 9.17) is 9.47 Å². The average Bonchev–Trinajstić information content (AvgIpc) is 2.58. The van der Waals surface area contributed by atoms with Crippen molar-refractivity contribution in [2.45, 2.75) is 64.6 Å². The molecule has 0 amide bonds. The quantitative estimate of drug-likeness (QED) is 0.683. The maximum atomic E-state index is 6.14. The highest BCUT2D eigenvalue weighted by molar-refractivity contribution is 5.30. The molecule has 2 aromatic carbocycles. The lowest BCUT2D eigenvalue weighted by Gasteiger charge is -2.29. The van der Waals surface area contributed by atoms with Gasteiger partial charge in [-0.05, 0) is 82.2 Å². The van der Waals surface area contributed by atoms with Crippen molar-refractivity contribution in [2.75, 3.05) is 0 Å². The van der Waals surface area contributed by atoms with Gasteiger partial charge >= 0.3 is 0 Å². The predicted octanol–water partition coefficient (Wildman–Crippen LogP) is 5.89. The standard InChI is InChI=1S/C22H28O2/c1-16(2)23-20-12-6-18(7-13-20)19-8-14-22(15-9-19)24-21-10-4-17(3)5-11-21/h4-7,10-13,16,19,22H,8-9,14-15H2,1-3H3. The summed E-state index contributed by atoms with van der Waals surface area (Å²) in [5, 5.41) is 0. The van der Waals surface area contributed by atoms with Crippen molar-refractivity contribution >= 4 is 0 Å². The zero-order chi connectivity index (χ0) is 16.9. The Kier molecular flexibility index (Phi) is 5.44. The van der Waals surface area contributed by atoms with Gasteiger partial charge in [-0.1, -0.05) is 29.8 Å². The number of rotatable bonds is 5. The molecule has 24 heavy (non-hydrogen) atoms. The van der Waals surface area contributed by atoms with Crippen molar-refractivity contribution in [3.05, 3.63) is 59.7 Å². The first-order valence-corrected chi connectivity index (χ1v) is 9.10. The Morgan fingerprint density at radius 2 is 1.38 bits per heavy atom. The lowest BCUT2D eigenvalue weighted by molar-refractivity contribution is 0.146. The largest absolute Gasteiger partial charge is 0.491 e. The van der Waals surface area contributed by atoms with Gasteiger partial charge in [0.2, 0.25) is 0 Å². The van der Waals surface area contributed by atoms with Gasteiger partial charge in [0.1, 0.15) is 11.5 Å². The van der Waals surface area contributed by atoms with Crippen LogP contribution in [-0.4, -0.2) is 12.2 Å². The van der Waals surface area contributed by atoms with E-state index in [-0.39, 0.29) is 6.10 Å². The summed E-state index contributed by atoms with van der Waals surface area (Å²) in [6.07, 6.45) is 5.23. The van der Waals surface area contributed by atoms with E-state index < -0.39 is 0 Å². The number of ether oxygens (including phenoxy) is 2. The van der Waals surface area contributed by atoms with Gasteiger partial charge in [0.15, 0.2) is 0 Å². The van der Waals surface area contributed by atoms with Gasteiger partial charge in [-0.2, -0.15) is 0 Å². The molecule has 0 aromatic heterocycles. The van der Waals surface area contributed by atoms with Crippen molar-refractivity contribution in [3.8, 4) is 11.5 Å². The maximum absolute atomic E-state index is 6.14. The second-order valence-corrected chi connectivity index (χ2v) is 7.14. The minimum atomic E-state index is 0.227. The highest BCUT2D eigenvalue weighted by Crippen LogP contribution is 2.35. The van der Waals surface area contributed by atoms with Gasteiger partial charge in [0.25, 0.3) is 0 Å². The third kappa shape index (κ3) is 4.53. The molecule has 1 saturated carbocycles. The molecule has 2 heteroatoms. The Labute approximate surface area is 145 Å². The molecule has 2 aromatic rings. The van der Waals surface area contributed by atoms with Gasteiger partial charge in [-0.3, -0.25) is 0 Å². The Balaban J connectivity index is 1.52. The summed E-state index contributed by atoms with van der Waals surface area (Å²) in [6, 6.07) is 17.0. The van der Waals surface area contributed by atoms with E-state index in [1.807, 2.05) is 0 Å². The Bertz CT molecular complexity index is 620. The third-order valence-corrected chi connectivity index (χ3v) is 4.72. The van der Waals surface area contributed by atoms with E-state index in [1.165, 1.54) is 24.0 Å². The molecule has 0 unspecified atom stereocenters. The number of hydrogen-bond acceptors (Lipinski definition) is 2. The fourth-order valence-corrected chi connectivity index (χ4v) is 3.41. The SMILES string of the molecule is Cc1ccc(OC2CCC(c3ccc(OC(C)C)cc3)CC2)cc1. The molecule has 0 spiro atoms. The first-order chi connectivity index (χ1) is 11.6. The van der Waals surface area contributed by atoms with Gasteiger partial charge in [0.05, 0.1) is 12.2 Å². The van der Waals surface area contributed by atoms with Crippen molar-refractivity contribution in [3.63, 3.8) is 0 Å². The van der Waals surface area contributed by atoms with Crippen LogP contribution in [-0.2, 0) is 0 Å². The molecule has 0 heterocycles. The van der Waals surface area contributed by atoms with Crippen molar-refractivity contribution in [1.29, 1.82) is 0 Å². The van der Waals surface area contributed by atoms with Crippen LogP contribution in [0, 0.1) is 6.92 Å². The molecule has 1 fully saturated rings. The van der Waals surface area contributed by atoms with E-state index >= 15 is 0 Å². The van der Waals surface area contributed by atoms with Crippen LogP contribution in [0.5, 0.6) is 11.5 Å². The van der Waals surface area contributed by atoms with Crippen LogP contribution < -0.4 is 9.47 Å². The Hall–Kier alpha value is -1.96. The summed E-state index contributed by atoms with van der Waals surface area (Å²) in [5.41, 5.74) is 2.70. The second-order valence-electron chi connectivity index (χ2n) is 7.14. The minimum absolute atomic E-state index is 0.227. The summed E-state index contributed by atoms with van der Waals surface area (Å²) in [6.45, 7) is 6.22. The second kappa shape index (κ2) is 7.74. The van der Waals surface area contributed by atoms with Crippen LogP contribution in [0.3, 0.4) is 0 Å². The van der Waals surface area contributed by atoms with Gasteiger partial charge < -0.3 is 9.47 Å². The zero-order valence-electron chi connectivity index (χ0n) is 15.0. The molecule has 1 aliphatic rings. The van der Waals surface area contributed by atoms with Crippen LogP contribution >= 0.6 is 0 Å². The lowest BCUT2D eigenvalue weighted by Crippen LogP contribution is -2.23. The topological polar surface area (TPSA) is 18.5 Å². The first kappa shape index (κ1) is 16.9. The van der Waals surface area contributed by atoms with Gasteiger partial charge in [0, 0.05) is 0 Å². The van der Waals surface area contributed by atoms with E-state index in [1.54, 1.807) is 0 Å². The molecular formula is C22H28O2. The van der Waals surface area contributed by atoms with Crippen molar-refractivity contribution in [2.24, 2.45) is 0 Å². The predicted molar refractivity (Wildman–Crippen MR) is 99.0 cm³/mol. The molecule has 0 radical (unpaired) electrons. The van der Waals surface area contributed by atoms with Gasteiger partial charge in [-0.25, -0.2) is 0 Å². The highest BCUT2D eigenvalue weighted by atomic mass is 16.5. The van der Waals surface area contributed by atoms with Crippen LogP contribution in [0.1, 0.15) is 56.6 Å². The monoisotopic (exact) mass is 324 g/mol. The smallest absolute Gasteiger partial charge is 0.119 e. The molecule has 128 valence electrons. The molecule has 1 aliphatic carbocycles. The molecular weight excluding hydrogens is 296 g/mol. The maximum Gasteiger partial charge on any atom is 0.119 e. The summed E-state index contributed by atoms with van der Waals surface area (Å²) in [7, 11) is 0. The first-order valence-electron chi connectivity index (χ1n) is 9.10. The molecule has 0 atom stereocenters. The minimum Gasteiger partial charge on any atom is -0.491 e. The Morgan fingerprint density at radius 1 is 0.792 bits per heavy atom. The highest BCUT2D eigenvalue weighted by Gasteiger charge is 2.23.